The normalized spacial score (nSPS) is 27.2. The quantitative estimate of drug-likeness (QED) is 0.510. The summed E-state index contributed by atoms with van der Waals surface area (Å²) in [7, 11) is 0. The average molecular weight is 189 g/mol. The smallest absolute Gasteiger partial charge is 0.0981 e. The molecule has 0 aliphatic carbocycles. The van der Waals surface area contributed by atoms with Crippen molar-refractivity contribution in [2.75, 3.05) is 6.54 Å². The zero-order valence-electron chi connectivity index (χ0n) is 7.95. The van der Waals surface area contributed by atoms with Crippen molar-refractivity contribution in [3.63, 3.8) is 0 Å². The van der Waals surface area contributed by atoms with Gasteiger partial charge in [-0.3, -0.25) is 0 Å². The van der Waals surface area contributed by atoms with E-state index in [1.807, 2.05) is 6.92 Å². The maximum atomic E-state index is 5.86. The van der Waals surface area contributed by atoms with E-state index in [-0.39, 0.29) is 5.50 Å². The van der Waals surface area contributed by atoms with Crippen LogP contribution in [0.5, 0.6) is 0 Å². The second kappa shape index (κ2) is 4.15. The largest absolute Gasteiger partial charge is 0.373 e. The molecule has 12 heavy (non-hydrogen) atoms. The molecule has 0 aromatic rings. The standard InChI is InChI=1S/C9H17ClN2/c1-6-7(2)11-5-4-9(6)12-8(3)10/h7-8,11-12H,4-5H2,1-3H3. The van der Waals surface area contributed by atoms with Crippen LogP contribution in [0.4, 0.5) is 0 Å². The first kappa shape index (κ1) is 9.87. The van der Waals surface area contributed by atoms with E-state index in [1.165, 1.54) is 11.3 Å². The molecule has 3 heteroatoms. The van der Waals surface area contributed by atoms with Gasteiger partial charge in [-0.15, -0.1) is 0 Å². The molecule has 0 spiro atoms. The fraction of sp³-hybridized carbons (Fsp3) is 0.778. The van der Waals surface area contributed by atoms with Crippen LogP contribution in [0.2, 0.25) is 0 Å². The molecule has 1 aliphatic rings. The lowest BCUT2D eigenvalue weighted by molar-refractivity contribution is 0.538. The Hall–Kier alpha value is -0.210. The van der Waals surface area contributed by atoms with Gasteiger partial charge in [-0.25, -0.2) is 0 Å². The van der Waals surface area contributed by atoms with E-state index >= 15 is 0 Å². The summed E-state index contributed by atoms with van der Waals surface area (Å²) in [5.41, 5.74) is 2.72. The number of nitrogens with one attached hydrogen (secondary N) is 2. The third-order valence-electron chi connectivity index (χ3n) is 2.32. The summed E-state index contributed by atoms with van der Waals surface area (Å²) in [4.78, 5) is 0. The van der Waals surface area contributed by atoms with Crippen LogP contribution in [0.15, 0.2) is 11.3 Å². The molecule has 0 aromatic carbocycles. The zero-order valence-corrected chi connectivity index (χ0v) is 8.70. The second-order valence-electron chi connectivity index (χ2n) is 3.35. The van der Waals surface area contributed by atoms with Gasteiger partial charge in [0.1, 0.15) is 0 Å². The highest BCUT2D eigenvalue weighted by Crippen LogP contribution is 2.15. The van der Waals surface area contributed by atoms with Crippen LogP contribution in [-0.4, -0.2) is 18.1 Å². The van der Waals surface area contributed by atoms with Gasteiger partial charge in [0.2, 0.25) is 0 Å². The highest BCUT2D eigenvalue weighted by Gasteiger charge is 2.15. The first-order chi connectivity index (χ1) is 5.61. The molecule has 1 aliphatic heterocycles. The highest BCUT2D eigenvalue weighted by atomic mass is 35.5. The van der Waals surface area contributed by atoms with E-state index < -0.39 is 0 Å². The zero-order chi connectivity index (χ0) is 9.14. The Bertz CT molecular complexity index is 187. The molecule has 2 unspecified atom stereocenters. The van der Waals surface area contributed by atoms with Gasteiger partial charge >= 0.3 is 0 Å². The van der Waals surface area contributed by atoms with Gasteiger partial charge in [0, 0.05) is 18.3 Å². The molecule has 0 fully saturated rings. The number of halogens is 1. The minimum atomic E-state index is 0.0280. The van der Waals surface area contributed by atoms with Crippen LogP contribution in [0.3, 0.4) is 0 Å². The highest BCUT2D eigenvalue weighted by molar-refractivity contribution is 6.20. The lowest BCUT2D eigenvalue weighted by atomic mass is 10.0. The van der Waals surface area contributed by atoms with Gasteiger partial charge in [-0.1, -0.05) is 11.6 Å². The molecular formula is C9H17ClN2. The molecule has 0 bridgehead atoms. The summed E-state index contributed by atoms with van der Waals surface area (Å²) in [6.07, 6.45) is 1.06. The first-order valence-electron chi connectivity index (χ1n) is 4.45. The number of hydrogen-bond donors (Lipinski definition) is 2. The van der Waals surface area contributed by atoms with E-state index in [0.717, 1.165) is 13.0 Å². The molecule has 70 valence electrons. The van der Waals surface area contributed by atoms with E-state index in [9.17, 15) is 0 Å². The van der Waals surface area contributed by atoms with Crippen molar-refractivity contribution >= 4 is 11.6 Å². The molecule has 2 N–H and O–H groups in total. The Labute approximate surface area is 79.4 Å². The van der Waals surface area contributed by atoms with Crippen molar-refractivity contribution in [3.8, 4) is 0 Å². The maximum Gasteiger partial charge on any atom is 0.0981 e. The topological polar surface area (TPSA) is 24.1 Å². The summed E-state index contributed by atoms with van der Waals surface area (Å²) < 4.78 is 0. The van der Waals surface area contributed by atoms with Gasteiger partial charge in [-0.05, 0) is 32.8 Å². The predicted molar refractivity (Wildman–Crippen MR) is 53.2 cm³/mol. The van der Waals surface area contributed by atoms with Crippen molar-refractivity contribution in [2.45, 2.75) is 38.7 Å². The molecule has 2 atom stereocenters. The predicted octanol–water partition coefficient (Wildman–Crippen LogP) is 1.82. The van der Waals surface area contributed by atoms with Crippen LogP contribution < -0.4 is 10.6 Å². The summed E-state index contributed by atoms with van der Waals surface area (Å²) in [5.74, 6) is 0. The molecule has 0 saturated heterocycles. The maximum absolute atomic E-state index is 5.86. The summed E-state index contributed by atoms with van der Waals surface area (Å²) in [6, 6.07) is 0.483. The van der Waals surface area contributed by atoms with Crippen molar-refractivity contribution in [1.29, 1.82) is 0 Å². The Balaban J connectivity index is 2.65. The van der Waals surface area contributed by atoms with Crippen molar-refractivity contribution in [2.24, 2.45) is 0 Å². The van der Waals surface area contributed by atoms with Crippen molar-refractivity contribution in [3.05, 3.63) is 11.3 Å². The van der Waals surface area contributed by atoms with Crippen molar-refractivity contribution in [1.82, 2.24) is 10.6 Å². The van der Waals surface area contributed by atoms with Crippen molar-refractivity contribution < 1.29 is 0 Å². The monoisotopic (exact) mass is 188 g/mol. The van der Waals surface area contributed by atoms with Gasteiger partial charge in [0.25, 0.3) is 0 Å². The average Bonchev–Trinajstić information content (AvgIpc) is 1.98. The van der Waals surface area contributed by atoms with E-state index in [2.05, 4.69) is 24.5 Å². The van der Waals surface area contributed by atoms with Crippen LogP contribution in [0, 0.1) is 0 Å². The van der Waals surface area contributed by atoms with E-state index in [4.69, 9.17) is 11.6 Å². The molecule has 0 amide bonds. The summed E-state index contributed by atoms with van der Waals surface area (Å²) in [6.45, 7) is 7.33. The minimum absolute atomic E-state index is 0.0280. The number of rotatable bonds is 2. The third kappa shape index (κ3) is 2.39. The van der Waals surface area contributed by atoms with Gasteiger partial charge in [-0.2, -0.15) is 0 Å². The summed E-state index contributed by atoms with van der Waals surface area (Å²) >= 11 is 5.86. The Morgan fingerprint density at radius 2 is 2.33 bits per heavy atom. The van der Waals surface area contributed by atoms with Crippen LogP contribution in [-0.2, 0) is 0 Å². The second-order valence-corrected chi connectivity index (χ2v) is 4.00. The number of hydrogen-bond acceptors (Lipinski definition) is 2. The molecule has 1 heterocycles. The van der Waals surface area contributed by atoms with Gasteiger partial charge in [0.05, 0.1) is 5.50 Å². The fourth-order valence-electron chi connectivity index (χ4n) is 1.45. The lowest BCUT2D eigenvalue weighted by Crippen LogP contribution is -2.37. The van der Waals surface area contributed by atoms with Crippen LogP contribution in [0.1, 0.15) is 27.2 Å². The minimum Gasteiger partial charge on any atom is -0.373 e. The molecule has 2 nitrogen and oxygen atoms in total. The van der Waals surface area contributed by atoms with Crippen LogP contribution >= 0.6 is 11.6 Å². The van der Waals surface area contributed by atoms with E-state index in [1.54, 1.807) is 0 Å². The van der Waals surface area contributed by atoms with Gasteiger partial charge < -0.3 is 10.6 Å². The molecule has 1 rings (SSSR count). The Morgan fingerprint density at radius 1 is 1.67 bits per heavy atom. The molecular weight excluding hydrogens is 172 g/mol. The Kier molecular flexibility index (Phi) is 3.41. The fourth-order valence-corrected chi connectivity index (χ4v) is 1.58. The summed E-state index contributed by atoms with van der Waals surface area (Å²) in [5, 5.41) is 6.66. The molecule has 0 aromatic heterocycles. The Morgan fingerprint density at radius 3 is 2.92 bits per heavy atom. The molecule has 0 radical (unpaired) electrons. The van der Waals surface area contributed by atoms with Gasteiger partial charge in [0.15, 0.2) is 0 Å². The third-order valence-corrected chi connectivity index (χ3v) is 2.43. The molecule has 0 saturated carbocycles. The van der Waals surface area contributed by atoms with E-state index in [0.29, 0.717) is 6.04 Å². The van der Waals surface area contributed by atoms with Crippen LogP contribution in [0.25, 0.3) is 0 Å². The SMILES string of the molecule is CC1=C(NC(C)Cl)CCNC1C. The number of alkyl halides is 1. The lowest BCUT2D eigenvalue weighted by Gasteiger charge is -2.26. The first-order valence-corrected chi connectivity index (χ1v) is 4.88.